The first-order valence-electron chi connectivity index (χ1n) is 11.5. The molecule has 3 aromatic carbocycles. The highest BCUT2D eigenvalue weighted by atomic mass is 32.2. The van der Waals surface area contributed by atoms with Crippen LogP contribution in [0.3, 0.4) is 0 Å². The molecule has 0 spiro atoms. The van der Waals surface area contributed by atoms with Crippen molar-refractivity contribution in [2.24, 2.45) is 0 Å². The lowest BCUT2D eigenvalue weighted by Gasteiger charge is -2.22. The maximum atomic E-state index is 13.2. The summed E-state index contributed by atoms with van der Waals surface area (Å²) in [5.74, 6) is -0.305. The molecule has 1 aliphatic rings. The van der Waals surface area contributed by atoms with Crippen molar-refractivity contribution in [1.29, 1.82) is 0 Å². The van der Waals surface area contributed by atoms with Crippen LogP contribution in [0.4, 0.5) is 5.69 Å². The zero-order chi connectivity index (χ0) is 24.9. The molecule has 1 aliphatic heterocycles. The van der Waals surface area contributed by atoms with Crippen LogP contribution >= 0.6 is 11.8 Å². The van der Waals surface area contributed by atoms with E-state index in [0.717, 1.165) is 16.0 Å². The molecule has 1 saturated heterocycles. The Labute approximate surface area is 208 Å². The molecule has 0 unspecified atom stereocenters. The van der Waals surface area contributed by atoms with Crippen LogP contribution in [-0.4, -0.2) is 52.7 Å². The largest absolute Gasteiger partial charge is 0.337 e. The Kier molecular flexibility index (Phi) is 7.51. The molecule has 4 rings (SSSR count). The van der Waals surface area contributed by atoms with Gasteiger partial charge in [-0.15, -0.1) is 0 Å². The molecule has 0 saturated carbocycles. The lowest BCUT2D eigenvalue weighted by Crippen LogP contribution is -2.37. The molecular weight excluding hydrogens is 462 g/mol. The monoisotopic (exact) mass is 489 g/mol. The fraction of sp³-hybridized carbons (Fsp3) is 0.259. The third-order valence-electron chi connectivity index (χ3n) is 5.99. The molecule has 7 nitrogen and oxygen atoms in total. The average Bonchev–Trinajstić information content (AvgIpc) is 3.11. The molecule has 3 aromatic rings. The van der Waals surface area contributed by atoms with E-state index >= 15 is 0 Å². The summed E-state index contributed by atoms with van der Waals surface area (Å²) in [7, 11) is 0. The summed E-state index contributed by atoms with van der Waals surface area (Å²) in [5, 5.41) is 11.8. The average molecular weight is 490 g/mol. The number of hydrogen-bond acceptors (Lipinski definition) is 5. The highest BCUT2D eigenvalue weighted by Crippen LogP contribution is 2.35. The molecule has 1 heterocycles. The van der Waals surface area contributed by atoms with E-state index in [-0.39, 0.29) is 23.1 Å². The first kappa shape index (κ1) is 24.5. The molecule has 8 heteroatoms. The van der Waals surface area contributed by atoms with E-state index in [0.29, 0.717) is 43.1 Å². The Hall–Kier alpha value is -3.65. The maximum Gasteiger partial charge on any atom is 0.284 e. The number of nitro benzene ring substituents is 1. The van der Waals surface area contributed by atoms with E-state index in [4.69, 9.17) is 0 Å². The number of carbonyl (C=O) groups excluding carboxylic acids is 2. The fourth-order valence-corrected chi connectivity index (χ4v) is 4.98. The van der Waals surface area contributed by atoms with Gasteiger partial charge in [-0.2, -0.15) is 0 Å². The number of aryl methyl sites for hydroxylation is 2. The molecule has 1 fully saturated rings. The Bertz CT molecular complexity index is 1260. The van der Waals surface area contributed by atoms with Crippen molar-refractivity contribution >= 4 is 29.3 Å². The van der Waals surface area contributed by atoms with Gasteiger partial charge in [0.1, 0.15) is 0 Å². The van der Waals surface area contributed by atoms with Crippen LogP contribution < -0.4 is 0 Å². The van der Waals surface area contributed by atoms with E-state index in [1.165, 1.54) is 17.8 Å². The molecule has 2 amide bonds. The summed E-state index contributed by atoms with van der Waals surface area (Å²) in [4.78, 5) is 42.3. The first-order chi connectivity index (χ1) is 16.8. The second-order valence-electron chi connectivity index (χ2n) is 8.66. The number of rotatable bonds is 5. The SMILES string of the molecule is Cc1ccc(Sc2ccc(C(=O)N3CCCN(C(=O)c4cccc(C)c4)CC3)cc2[N+](=O)[O-])cc1. The Balaban J connectivity index is 1.47. The van der Waals surface area contributed by atoms with E-state index in [9.17, 15) is 19.7 Å². The predicted molar refractivity (Wildman–Crippen MR) is 136 cm³/mol. The number of amides is 2. The van der Waals surface area contributed by atoms with Crippen molar-refractivity contribution in [2.45, 2.75) is 30.1 Å². The minimum absolute atomic E-state index is 0.0453. The van der Waals surface area contributed by atoms with Gasteiger partial charge in [-0.05, 0) is 56.7 Å². The fourth-order valence-electron chi connectivity index (χ4n) is 4.08. The first-order valence-corrected chi connectivity index (χ1v) is 12.3. The van der Waals surface area contributed by atoms with Crippen LogP contribution in [0, 0.1) is 24.0 Å². The zero-order valence-electron chi connectivity index (χ0n) is 19.8. The van der Waals surface area contributed by atoms with Crippen molar-refractivity contribution in [2.75, 3.05) is 26.2 Å². The lowest BCUT2D eigenvalue weighted by atomic mass is 10.1. The Morgan fingerprint density at radius 1 is 0.800 bits per heavy atom. The van der Waals surface area contributed by atoms with E-state index in [1.807, 2.05) is 56.3 Å². The smallest absolute Gasteiger partial charge is 0.284 e. The molecule has 35 heavy (non-hydrogen) atoms. The molecule has 0 radical (unpaired) electrons. The van der Waals surface area contributed by atoms with Crippen molar-refractivity contribution in [3.63, 3.8) is 0 Å². The molecule has 0 aromatic heterocycles. The number of hydrogen-bond donors (Lipinski definition) is 0. The Morgan fingerprint density at radius 3 is 2.03 bits per heavy atom. The minimum Gasteiger partial charge on any atom is -0.337 e. The third-order valence-corrected chi connectivity index (χ3v) is 7.06. The Morgan fingerprint density at radius 2 is 1.43 bits per heavy atom. The van der Waals surface area contributed by atoms with Crippen molar-refractivity contribution in [1.82, 2.24) is 9.80 Å². The van der Waals surface area contributed by atoms with E-state index in [2.05, 4.69) is 0 Å². The molecule has 0 atom stereocenters. The highest BCUT2D eigenvalue weighted by Gasteiger charge is 2.25. The van der Waals surface area contributed by atoms with Crippen LogP contribution in [-0.2, 0) is 0 Å². The number of nitrogens with zero attached hydrogens (tertiary/aromatic N) is 3. The van der Waals surface area contributed by atoms with Gasteiger partial charge < -0.3 is 9.80 Å². The second-order valence-corrected chi connectivity index (χ2v) is 9.78. The van der Waals surface area contributed by atoms with Crippen molar-refractivity contribution in [3.8, 4) is 0 Å². The second kappa shape index (κ2) is 10.7. The molecule has 0 N–H and O–H groups in total. The molecular formula is C27H27N3O4S. The standard InChI is InChI=1S/C27H27N3O4S/c1-19-7-10-23(11-8-19)35-25-12-9-22(18-24(25)30(33)34)27(32)29-14-4-13-28(15-16-29)26(31)21-6-3-5-20(2)17-21/h3,5-12,17-18H,4,13-16H2,1-2H3. The summed E-state index contributed by atoms with van der Waals surface area (Å²) in [6, 6.07) is 19.9. The number of carbonyl (C=O) groups is 2. The lowest BCUT2D eigenvalue weighted by molar-refractivity contribution is -0.387. The topological polar surface area (TPSA) is 83.8 Å². The van der Waals surface area contributed by atoms with Gasteiger partial charge in [-0.1, -0.05) is 47.2 Å². The molecule has 180 valence electrons. The van der Waals surface area contributed by atoms with E-state index in [1.54, 1.807) is 28.0 Å². The summed E-state index contributed by atoms with van der Waals surface area (Å²) in [5.41, 5.74) is 2.97. The molecule has 0 bridgehead atoms. The maximum absolute atomic E-state index is 13.2. The zero-order valence-corrected chi connectivity index (χ0v) is 20.6. The van der Waals surface area contributed by atoms with Gasteiger partial charge in [0.05, 0.1) is 9.82 Å². The summed E-state index contributed by atoms with van der Waals surface area (Å²) < 4.78 is 0. The number of benzene rings is 3. The van der Waals surface area contributed by atoms with E-state index < -0.39 is 4.92 Å². The van der Waals surface area contributed by atoms with Gasteiger partial charge in [-0.25, -0.2) is 0 Å². The molecule has 0 aliphatic carbocycles. The third kappa shape index (κ3) is 5.89. The van der Waals surface area contributed by atoms with Gasteiger partial charge in [0.15, 0.2) is 0 Å². The summed E-state index contributed by atoms with van der Waals surface area (Å²) in [6.45, 7) is 5.78. The number of nitro groups is 1. The van der Waals surface area contributed by atoms with Crippen LogP contribution in [0.5, 0.6) is 0 Å². The predicted octanol–water partition coefficient (Wildman–Crippen LogP) is 5.35. The van der Waals surface area contributed by atoms with Crippen LogP contribution in [0.15, 0.2) is 76.5 Å². The summed E-state index contributed by atoms with van der Waals surface area (Å²) in [6.07, 6.45) is 0.646. The highest BCUT2D eigenvalue weighted by molar-refractivity contribution is 7.99. The minimum atomic E-state index is -0.446. The van der Waals surface area contributed by atoms with Crippen LogP contribution in [0.2, 0.25) is 0 Å². The van der Waals surface area contributed by atoms with Crippen LogP contribution in [0.1, 0.15) is 38.3 Å². The quantitative estimate of drug-likeness (QED) is 0.356. The normalized spacial score (nSPS) is 13.9. The van der Waals surface area contributed by atoms with Gasteiger partial charge in [0.2, 0.25) is 0 Å². The van der Waals surface area contributed by atoms with Crippen LogP contribution in [0.25, 0.3) is 0 Å². The van der Waals surface area contributed by atoms with Gasteiger partial charge >= 0.3 is 0 Å². The van der Waals surface area contributed by atoms with Gasteiger partial charge in [0, 0.05) is 48.3 Å². The van der Waals surface area contributed by atoms with Gasteiger partial charge in [0.25, 0.3) is 17.5 Å². The van der Waals surface area contributed by atoms with Crippen molar-refractivity contribution < 1.29 is 14.5 Å². The van der Waals surface area contributed by atoms with Gasteiger partial charge in [-0.3, -0.25) is 19.7 Å². The summed E-state index contributed by atoms with van der Waals surface area (Å²) >= 11 is 1.30. The van der Waals surface area contributed by atoms with Crippen molar-refractivity contribution in [3.05, 3.63) is 99.1 Å².